The maximum atomic E-state index is 11.8. The second-order valence-electron chi connectivity index (χ2n) is 5.27. The average Bonchev–Trinajstić information content (AvgIpc) is 2.21. The molecule has 0 amide bonds. The van der Waals surface area contributed by atoms with E-state index in [4.69, 9.17) is 0 Å². The maximum absolute atomic E-state index is 11.8. The highest BCUT2D eigenvalue weighted by Crippen LogP contribution is 2.31. The van der Waals surface area contributed by atoms with E-state index >= 15 is 0 Å². The Labute approximate surface area is 106 Å². The molecule has 18 heavy (non-hydrogen) atoms. The van der Waals surface area contributed by atoms with Crippen LogP contribution in [0, 0.1) is 5.92 Å². The zero-order valence-electron chi connectivity index (χ0n) is 10.7. The fraction of sp³-hybridized carbons (Fsp3) is 1.00. The Morgan fingerprint density at radius 3 is 2.78 bits per heavy atom. The molecule has 1 saturated carbocycles. The average molecular weight is 269 g/mol. The Kier molecular flexibility index (Phi) is 5.88. The summed E-state index contributed by atoms with van der Waals surface area (Å²) in [4.78, 5) is 0. The molecule has 1 fully saturated rings. The molecule has 0 saturated heterocycles. The van der Waals surface area contributed by atoms with Crippen molar-refractivity contribution < 1.29 is 23.0 Å². The van der Waals surface area contributed by atoms with Crippen LogP contribution in [0.1, 0.15) is 32.6 Å². The lowest BCUT2D eigenvalue weighted by Gasteiger charge is -2.35. The van der Waals surface area contributed by atoms with Gasteiger partial charge in [-0.05, 0) is 18.8 Å². The molecule has 1 aliphatic rings. The molecule has 0 heterocycles. The molecule has 0 aliphatic heterocycles. The van der Waals surface area contributed by atoms with E-state index in [-0.39, 0.29) is 6.61 Å². The zero-order valence-corrected chi connectivity index (χ0v) is 10.7. The first-order valence-corrected chi connectivity index (χ1v) is 6.38. The molecule has 6 heteroatoms. The van der Waals surface area contributed by atoms with Crippen LogP contribution in [0.3, 0.4) is 0 Å². The summed E-state index contributed by atoms with van der Waals surface area (Å²) in [6, 6.07) is 0. The number of ether oxygens (including phenoxy) is 1. The Morgan fingerprint density at radius 1 is 1.44 bits per heavy atom. The first kappa shape index (κ1) is 15.7. The molecule has 0 bridgehead atoms. The standard InChI is InChI=1S/C12H22F3NO2/c1-10-3-2-4-11(17,7-10)8-16-5-6-18-9-12(13,14)15/h10,16-17H,2-9H2,1H3. The van der Waals surface area contributed by atoms with Crippen LogP contribution in [0.4, 0.5) is 13.2 Å². The summed E-state index contributed by atoms with van der Waals surface area (Å²) in [7, 11) is 0. The van der Waals surface area contributed by atoms with E-state index < -0.39 is 18.4 Å². The van der Waals surface area contributed by atoms with Crippen molar-refractivity contribution in [3.05, 3.63) is 0 Å². The van der Waals surface area contributed by atoms with Crippen molar-refractivity contribution in [3.8, 4) is 0 Å². The van der Waals surface area contributed by atoms with Crippen molar-refractivity contribution in [2.24, 2.45) is 5.92 Å². The minimum Gasteiger partial charge on any atom is -0.389 e. The Morgan fingerprint density at radius 2 is 2.17 bits per heavy atom. The summed E-state index contributed by atoms with van der Waals surface area (Å²) in [6.45, 7) is 1.65. The third-order valence-corrected chi connectivity index (χ3v) is 3.21. The third-order valence-electron chi connectivity index (χ3n) is 3.21. The van der Waals surface area contributed by atoms with Crippen molar-refractivity contribution in [3.63, 3.8) is 0 Å². The summed E-state index contributed by atoms with van der Waals surface area (Å²) < 4.78 is 39.8. The van der Waals surface area contributed by atoms with Gasteiger partial charge in [-0.3, -0.25) is 0 Å². The van der Waals surface area contributed by atoms with E-state index in [1.807, 2.05) is 0 Å². The molecule has 108 valence electrons. The van der Waals surface area contributed by atoms with Gasteiger partial charge in [0.15, 0.2) is 0 Å². The highest BCUT2D eigenvalue weighted by atomic mass is 19.4. The van der Waals surface area contributed by atoms with Crippen molar-refractivity contribution in [1.82, 2.24) is 5.32 Å². The predicted molar refractivity (Wildman–Crippen MR) is 62.3 cm³/mol. The van der Waals surface area contributed by atoms with Gasteiger partial charge in [-0.1, -0.05) is 19.8 Å². The summed E-state index contributed by atoms with van der Waals surface area (Å²) in [5.74, 6) is 0.507. The number of hydrogen-bond donors (Lipinski definition) is 2. The molecule has 2 N–H and O–H groups in total. The maximum Gasteiger partial charge on any atom is 0.411 e. The summed E-state index contributed by atoms with van der Waals surface area (Å²) >= 11 is 0. The van der Waals surface area contributed by atoms with E-state index in [1.54, 1.807) is 0 Å². The molecular weight excluding hydrogens is 247 g/mol. The number of nitrogens with one attached hydrogen (secondary N) is 1. The van der Waals surface area contributed by atoms with Gasteiger partial charge in [0, 0.05) is 13.1 Å². The van der Waals surface area contributed by atoms with Gasteiger partial charge in [-0.2, -0.15) is 13.2 Å². The van der Waals surface area contributed by atoms with Crippen LogP contribution in [0.5, 0.6) is 0 Å². The molecule has 0 aromatic rings. The monoisotopic (exact) mass is 269 g/mol. The van der Waals surface area contributed by atoms with E-state index in [9.17, 15) is 18.3 Å². The lowest BCUT2D eigenvalue weighted by molar-refractivity contribution is -0.173. The van der Waals surface area contributed by atoms with Gasteiger partial charge in [0.1, 0.15) is 6.61 Å². The van der Waals surface area contributed by atoms with Gasteiger partial charge in [0.2, 0.25) is 0 Å². The third kappa shape index (κ3) is 6.56. The van der Waals surface area contributed by atoms with Crippen LogP contribution < -0.4 is 5.32 Å². The molecule has 1 rings (SSSR count). The van der Waals surface area contributed by atoms with Crippen LogP contribution >= 0.6 is 0 Å². The Balaban J connectivity index is 2.07. The van der Waals surface area contributed by atoms with Crippen LogP contribution in [-0.2, 0) is 4.74 Å². The zero-order chi connectivity index (χ0) is 13.6. The minimum absolute atomic E-state index is 0.00510. The smallest absolute Gasteiger partial charge is 0.389 e. The lowest BCUT2D eigenvalue weighted by Crippen LogP contribution is -2.44. The quantitative estimate of drug-likeness (QED) is 0.726. The first-order chi connectivity index (χ1) is 8.31. The molecule has 2 atom stereocenters. The summed E-state index contributed by atoms with van der Waals surface area (Å²) in [5, 5.41) is 13.2. The molecule has 0 aromatic carbocycles. The van der Waals surface area contributed by atoms with Gasteiger partial charge < -0.3 is 15.2 Å². The lowest BCUT2D eigenvalue weighted by atomic mass is 9.79. The predicted octanol–water partition coefficient (Wildman–Crippen LogP) is 2.10. The number of aliphatic hydroxyl groups is 1. The number of rotatable bonds is 6. The molecule has 0 aromatic heterocycles. The topological polar surface area (TPSA) is 41.5 Å². The van der Waals surface area contributed by atoms with Gasteiger partial charge in [0.25, 0.3) is 0 Å². The van der Waals surface area contributed by atoms with Crippen molar-refractivity contribution in [2.75, 3.05) is 26.3 Å². The molecule has 0 spiro atoms. The van der Waals surface area contributed by atoms with E-state index in [0.29, 0.717) is 19.0 Å². The SMILES string of the molecule is CC1CCCC(O)(CNCCOCC(F)(F)F)C1. The van der Waals surface area contributed by atoms with Crippen molar-refractivity contribution >= 4 is 0 Å². The van der Waals surface area contributed by atoms with Crippen LogP contribution in [0.25, 0.3) is 0 Å². The summed E-state index contributed by atoms with van der Waals surface area (Å²) in [6.07, 6.45) is -0.616. The van der Waals surface area contributed by atoms with Crippen LogP contribution in [0.15, 0.2) is 0 Å². The minimum atomic E-state index is -4.27. The molecule has 1 aliphatic carbocycles. The highest BCUT2D eigenvalue weighted by molar-refractivity contribution is 4.86. The normalized spacial score (nSPS) is 29.5. The van der Waals surface area contributed by atoms with Crippen LogP contribution in [-0.4, -0.2) is 43.2 Å². The molecular formula is C12H22F3NO2. The molecule has 3 nitrogen and oxygen atoms in total. The van der Waals surface area contributed by atoms with Crippen molar-refractivity contribution in [1.29, 1.82) is 0 Å². The second kappa shape index (κ2) is 6.73. The Bertz CT molecular complexity index is 248. The van der Waals surface area contributed by atoms with Gasteiger partial charge in [-0.25, -0.2) is 0 Å². The Hall–Kier alpha value is -0.330. The fourth-order valence-electron chi connectivity index (χ4n) is 2.45. The van der Waals surface area contributed by atoms with E-state index in [2.05, 4.69) is 17.0 Å². The number of alkyl halides is 3. The summed E-state index contributed by atoms with van der Waals surface area (Å²) in [5.41, 5.74) is -0.707. The van der Waals surface area contributed by atoms with Gasteiger partial charge >= 0.3 is 6.18 Å². The molecule has 2 unspecified atom stereocenters. The number of halogens is 3. The first-order valence-electron chi connectivity index (χ1n) is 6.38. The second-order valence-corrected chi connectivity index (χ2v) is 5.27. The van der Waals surface area contributed by atoms with Gasteiger partial charge in [-0.15, -0.1) is 0 Å². The highest BCUT2D eigenvalue weighted by Gasteiger charge is 2.32. The largest absolute Gasteiger partial charge is 0.411 e. The van der Waals surface area contributed by atoms with E-state index in [0.717, 1.165) is 25.7 Å². The molecule has 0 radical (unpaired) electrons. The van der Waals surface area contributed by atoms with Gasteiger partial charge in [0.05, 0.1) is 12.2 Å². The van der Waals surface area contributed by atoms with Crippen molar-refractivity contribution in [2.45, 2.75) is 44.4 Å². The van der Waals surface area contributed by atoms with E-state index in [1.165, 1.54) is 0 Å². The van der Waals surface area contributed by atoms with Crippen LogP contribution in [0.2, 0.25) is 0 Å². The number of hydrogen-bond acceptors (Lipinski definition) is 3. The fourth-order valence-corrected chi connectivity index (χ4v) is 2.45.